The lowest BCUT2D eigenvalue weighted by Gasteiger charge is -2.29. The zero-order valence-corrected chi connectivity index (χ0v) is 16.4. The number of piperidine rings is 1. The van der Waals surface area contributed by atoms with Gasteiger partial charge in [0.15, 0.2) is 0 Å². The normalized spacial score (nSPS) is 15.6. The fourth-order valence-electron chi connectivity index (χ4n) is 3.50. The van der Waals surface area contributed by atoms with Gasteiger partial charge in [-0.25, -0.2) is 4.98 Å². The summed E-state index contributed by atoms with van der Waals surface area (Å²) < 4.78 is 0. The number of nitrogens with zero attached hydrogens (tertiary/aromatic N) is 3. The van der Waals surface area contributed by atoms with Crippen LogP contribution in [-0.2, 0) is 17.9 Å². The molecule has 1 atom stereocenters. The number of amides is 1. The Hall–Kier alpha value is -2.40. The molecule has 1 amide bonds. The first-order valence-electron chi connectivity index (χ1n) is 9.86. The monoisotopic (exact) mass is 366 g/mol. The van der Waals surface area contributed by atoms with Gasteiger partial charge in [0.1, 0.15) is 5.82 Å². The number of benzene rings is 1. The maximum absolute atomic E-state index is 12.6. The molecule has 144 valence electrons. The molecule has 1 saturated heterocycles. The minimum Gasteiger partial charge on any atom is -0.356 e. The van der Waals surface area contributed by atoms with Crippen molar-refractivity contribution in [3.05, 3.63) is 59.8 Å². The van der Waals surface area contributed by atoms with Crippen molar-refractivity contribution in [1.29, 1.82) is 0 Å². The zero-order chi connectivity index (χ0) is 19.1. The van der Waals surface area contributed by atoms with Gasteiger partial charge in [0, 0.05) is 37.9 Å². The van der Waals surface area contributed by atoms with Crippen LogP contribution in [0.5, 0.6) is 0 Å². The highest BCUT2D eigenvalue weighted by Gasteiger charge is 2.20. The van der Waals surface area contributed by atoms with E-state index in [1.54, 1.807) is 0 Å². The maximum atomic E-state index is 12.6. The number of nitrogens with one attached hydrogen (secondary N) is 1. The standard InChI is InChI=1S/C22H30N4O/c1-18(25(2)17-19-10-5-3-6-11-19)22(27)24-16-20-12-9-13-23-21(20)26-14-7-4-8-15-26/h3,5-6,9-13,18H,4,7-8,14-17H2,1-2H3,(H,24,27). The van der Waals surface area contributed by atoms with Crippen molar-refractivity contribution in [3.63, 3.8) is 0 Å². The number of aromatic nitrogens is 1. The van der Waals surface area contributed by atoms with E-state index in [0.29, 0.717) is 6.54 Å². The molecule has 27 heavy (non-hydrogen) atoms. The molecule has 1 unspecified atom stereocenters. The van der Waals surface area contributed by atoms with E-state index in [0.717, 1.165) is 31.0 Å². The van der Waals surface area contributed by atoms with Crippen LogP contribution in [0.15, 0.2) is 48.7 Å². The number of hydrogen-bond donors (Lipinski definition) is 1. The van der Waals surface area contributed by atoms with E-state index >= 15 is 0 Å². The fraction of sp³-hybridized carbons (Fsp3) is 0.455. The van der Waals surface area contributed by atoms with Gasteiger partial charge < -0.3 is 10.2 Å². The summed E-state index contributed by atoms with van der Waals surface area (Å²) in [4.78, 5) is 21.6. The number of hydrogen-bond acceptors (Lipinski definition) is 4. The minimum absolute atomic E-state index is 0.0434. The third kappa shape index (κ3) is 5.30. The summed E-state index contributed by atoms with van der Waals surface area (Å²) in [5.41, 5.74) is 2.30. The van der Waals surface area contributed by atoms with E-state index in [1.807, 2.05) is 44.4 Å². The number of likely N-dealkylation sites (N-methyl/N-ethyl adjacent to an activating group) is 1. The summed E-state index contributed by atoms with van der Waals surface area (Å²) in [5, 5.41) is 3.10. The summed E-state index contributed by atoms with van der Waals surface area (Å²) in [6.07, 6.45) is 5.56. The molecular weight excluding hydrogens is 336 g/mol. The first-order valence-corrected chi connectivity index (χ1v) is 9.86. The van der Waals surface area contributed by atoms with E-state index in [2.05, 4.69) is 38.3 Å². The highest BCUT2D eigenvalue weighted by Crippen LogP contribution is 2.21. The van der Waals surface area contributed by atoms with Gasteiger partial charge in [-0.2, -0.15) is 0 Å². The zero-order valence-electron chi connectivity index (χ0n) is 16.4. The number of rotatable bonds is 7. The molecule has 0 radical (unpaired) electrons. The van der Waals surface area contributed by atoms with Gasteiger partial charge in [0.25, 0.3) is 0 Å². The summed E-state index contributed by atoms with van der Waals surface area (Å²) in [7, 11) is 1.99. The molecule has 1 aromatic carbocycles. The predicted molar refractivity (Wildman–Crippen MR) is 110 cm³/mol. The Kier molecular flexibility index (Phi) is 6.82. The molecule has 0 aliphatic carbocycles. The van der Waals surface area contributed by atoms with Gasteiger partial charge in [-0.15, -0.1) is 0 Å². The Labute approximate surface area is 162 Å². The second kappa shape index (κ2) is 9.51. The lowest BCUT2D eigenvalue weighted by molar-refractivity contribution is -0.125. The molecule has 0 saturated carbocycles. The highest BCUT2D eigenvalue weighted by molar-refractivity contribution is 5.81. The summed E-state index contributed by atoms with van der Waals surface area (Å²) in [6.45, 7) is 5.32. The summed E-state index contributed by atoms with van der Waals surface area (Å²) in [6, 6.07) is 14.0. The smallest absolute Gasteiger partial charge is 0.237 e. The summed E-state index contributed by atoms with van der Waals surface area (Å²) in [5.74, 6) is 1.06. The van der Waals surface area contributed by atoms with Gasteiger partial charge in [0.2, 0.25) is 5.91 Å². The Balaban J connectivity index is 1.57. The number of pyridine rings is 1. The van der Waals surface area contributed by atoms with Gasteiger partial charge >= 0.3 is 0 Å². The van der Waals surface area contributed by atoms with Crippen molar-refractivity contribution >= 4 is 11.7 Å². The highest BCUT2D eigenvalue weighted by atomic mass is 16.2. The van der Waals surface area contributed by atoms with Crippen molar-refractivity contribution in [2.24, 2.45) is 0 Å². The van der Waals surface area contributed by atoms with Crippen LogP contribution >= 0.6 is 0 Å². The fourth-order valence-corrected chi connectivity index (χ4v) is 3.50. The van der Waals surface area contributed by atoms with Crippen LogP contribution in [0.4, 0.5) is 5.82 Å². The molecule has 0 bridgehead atoms. The molecule has 1 aliphatic rings. The molecule has 1 aromatic heterocycles. The van der Waals surface area contributed by atoms with E-state index in [1.165, 1.54) is 24.8 Å². The van der Waals surface area contributed by atoms with Crippen LogP contribution in [0.25, 0.3) is 0 Å². The third-order valence-corrected chi connectivity index (χ3v) is 5.29. The van der Waals surface area contributed by atoms with Gasteiger partial charge in [-0.05, 0) is 44.9 Å². The molecule has 3 rings (SSSR count). The molecule has 5 heteroatoms. The van der Waals surface area contributed by atoms with Crippen molar-refractivity contribution in [3.8, 4) is 0 Å². The first kappa shape index (κ1) is 19.4. The number of carbonyl (C=O) groups is 1. The topological polar surface area (TPSA) is 48.5 Å². The summed E-state index contributed by atoms with van der Waals surface area (Å²) >= 11 is 0. The van der Waals surface area contributed by atoms with E-state index in [9.17, 15) is 4.79 Å². The largest absolute Gasteiger partial charge is 0.356 e. The average molecular weight is 367 g/mol. The Morgan fingerprint density at radius 1 is 1.15 bits per heavy atom. The van der Waals surface area contributed by atoms with E-state index in [-0.39, 0.29) is 11.9 Å². The van der Waals surface area contributed by atoms with Crippen LogP contribution < -0.4 is 10.2 Å². The Morgan fingerprint density at radius 2 is 1.89 bits per heavy atom. The van der Waals surface area contributed by atoms with Crippen LogP contribution in [0.3, 0.4) is 0 Å². The minimum atomic E-state index is -0.194. The Bertz CT molecular complexity index is 728. The van der Waals surface area contributed by atoms with Gasteiger partial charge in [0.05, 0.1) is 6.04 Å². The molecule has 5 nitrogen and oxygen atoms in total. The molecular formula is C22H30N4O. The lowest BCUT2D eigenvalue weighted by Crippen LogP contribution is -2.42. The predicted octanol–water partition coefficient (Wildman–Crippen LogP) is 3.21. The maximum Gasteiger partial charge on any atom is 0.237 e. The molecule has 1 N–H and O–H groups in total. The van der Waals surface area contributed by atoms with Crippen LogP contribution in [0.2, 0.25) is 0 Å². The number of carbonyl (C=O) groups excluding carboxylic acids is 1. The number of anilines is 1. The van der Waals surface area contributed by atoms with Crippen LogP contribution in [0.1, 0.15) is 37.3 Å². The van der Waals surface area contributed by atoms with Crippen LogP contribution in [0, 0.1) is 0 Å². The van der Waals surface area contributed by atoms with Gasteiger partial charge in [-0.1, -0.05) is 36.4 Å². The quantitative estimate of drug-likeness (QED) is 0.817. The molecule has 0 spiro atoms. The van der Waals surface area contributed by atoms with Crippen molar-refractivity contribution in [2.75, 3.05) is 25.0 Å². The SMILES string of the molecule is CC(C(=O)NCc1cccnc1N1CCCCC1)N(C)Cc1ccccc1. The molecule has 2 heterocycles. The van der Waals surface area contributed by atoms with Gasteiger partial charge in [-0.3, -0.25) is 9.69 Å². The lowest BCUT2D eigenvalue weighted by atomic mass is 10.1. The average Bonchev–Trinajstić information content (AvgIpc) is 2.73. The van der Waals surface area contributed by atoms with Crippen molar-refractivity contribution in [1.82, 2.24) is 15.2 Å². The van der Waals surface area contributed by atoms with Crippen LogP contribution in [-0.4, -0.2) is 42.0 Å². The van der Waals surface area contributed by atoms with Crippen molar-refractivity contribution in [2.45, 2.75) is 45.3 Å². The molecule has 1 aliphatic heterocycles. The Morgan fingerprint density at radius 3 is 2.63 bits per heavy atom. The molecule has 2 aromatic rings. The second-order valence-electron chi connectivity index (χ2n) is 7.33. The second-order valence-corrected chi connectivity index (χ2v) is 7.33. The first-order chi connectivity index (χ1) is 13.1. The van der Waals surface area contributed by atoms with E-state index in [4.69, 9.17) is 0 Å². The molecule has 1 fully saturated rings. The van der Waals surface area contributed by atoms with Crippen molar-refractivity contribution < 1.29 is 4.79 Å². The third-order valence-electron chi connectivity index (χ3n) is 5.29. The van der Waals surface area contributed by atoms with E-state index < -0.39 is 0 Å².